The predicted molar refractivity (Wildman–Crippen MR) is 96.1 cm³/mol. The predicted octanol–water partition coefficient (Wildman–Crippen LogP) is 2.25. The summed E-state index contributed by atoms with van der Waals surface area (Å²) in [6, 6.07) is 10.1. The highest BCUT2D eigenvalue weighted by Gasteiger charge is 2.25. The van der Waals surface area contributed by atoms with E-state index in [0.717, 1.165) is 45.4 Å². The Labute approximate surface area is 149 Å². The van der Waals surface area contributed by atoms with Crippen LogP contribution in [0.25, 0.3) is 0 Å². The Kier molecular flexibility index (Phi) is 6.45. The van der Waals surface area contributed by atoms with Crippen molar-refractivity contribution in [3.63, 3.8) is 0 Å². The first kappa shape index (κ1) is 17.9. The van der Waals surface area contributed by atoms with Gasteiger partial charge in [-0.3, -0.25) is 9.59 Å². The van der Waals surface area contributed by atoms with Gasteiger partial charge in [0.2, 0.25) is 11.8 Å². The number of ether oxygens (including phenoxy) is 1. The Morgan fingerprint density at radius 2 is 1.68 bits per heavy atom. The minimum atomic E-state index is 0.0966. The van der Waals surface area contributed by atoms with Gasteiger partial charge in [-0.1, -0.05) is 30.3 Å². The number of benzene rings is 1. The quantitative estimate of drug-likeness (QED) is 0.823. The summed E-state index contributed by atoms with van der Waals surface area (Å²) < 4.78 is 5.57. The van der Waals surface area contributed by atoms with Gasteiger partial charge < -0.3 is 14.5 Å². The van der Waals surface area contributed by atoms with Crippen LogP contribution in [0.5, 0.6) is 0 Å². The van der Waals surface area contributed by atoms with Crippen molar-refractivity contribution in [2.75, 3.05) is 32.8 Å². The van der Waals surface area contributed by atoms with Gasteiger partial charge in [-0.2, -0.15) is 0 Å². The van der Waals surface area contributed by atoms with E-state index in [1.165, 1.54) is 5.56 Å². The van der Waals surface area contributed by atoms with E-state index in [9.17, 15) is 9.59 Å². The minimum absolute atomic E-state index is 0.0966. The zero-order valence-corrected chi connectivity index (χ0v) is 14.9. The zero-order chi connectivity index (χ0) is 17.5. The van der Waals surface area contributed by atoms with E-state index in [2.05, 4.69) is 12.1 Å². The van der Waals surface area contributed by atoms with Crippen molar-refractivity contribution in [3.8, 4) is 0 Å². The number of carbonyl (C=O) groups is 2. The van der Waals surface area contributed by atoms with Crippen LogP contribution in [0, 0.1) is 0 Å². The van der Waals surface area contributed by atoms with Gasteiger partial charge in [0.15, 0.2) is 0 Å². The van der Waals surface area contributed by atoms with E-state index in [1.54, 1.807) is 0 Å². The van der Waals surface area contributed by atoms with Crippen LogP contribution >= 0.6 is 0 Å². The number of carbonyl (C=O) groups excluding carboxylic acids is 2. The van der Waals surface area contributed by atoms with E-state index in [-0.39, 0.29) is 17.9 Å². The molecular weight excluding hydrogens is 316 g/mol. The van der Waals surface area contributed by atoms with E-state index in [0.29, 0.717) is 25.9 Å². The van der Waals surface area contributed by atoms with Crippen molar-refractivity contribution in [2.45, 2.75) is 44.6 Å². The maximum Gasteiger partial charge on any atom is 0.225 e. The van der Waals surface area contributed by atoms with Crippen molar-refractivity contribution >= 4 is 11.8 Å². The minimum Gasteiger partial charge on any atom is -0.378 e. The van der Waals surface area contributed by atoms with Gasteiger partial charge in [-0.15, -0.1) is 0 Å². The van der Waals surface area contributed by atoms with Crippen LogP contribution < -0.4 is 0 Å². The Morgan fingerprint density at radius 3 is 2.36 bits per heavy atom. The number of hydrogen-bond acceptors (Lipinski definition) is 3. The molecular formula is C20H28N2O3. The maximum absolute atomic E-state index is 12.5. The Hall–Kier alpha value is -1.88. The van der Waals surface area contributed by atoms with Crippen molar-refractivity contribution in [2.24, 2.45) is 0 Å². The van der Waals surface area contributed by atoms with Crippen LogP contribution in [0.4, 0.5) is 0 Å². The molecule has 0 unspecified atom stereocenters. The zero-order valence-electron chi connectivity index (χ0n) is 14.9. The van der Waals surface area contributed by atoms with Crippen molar-refractivity contribution in [3.05, 3.63) is 35.9 Å². The SMILES string of the molecule is O=C(CCc1ccccc1)N1CCCN(C(=O)C[C@H]2CCCO2)CC1. The van der Waals surface area contributed by atoms with Gasteiger partial charge in [-0.05, 0) is 31.2 Å². The third kappa shape index (κ3) is 5.30. The second-order valence-corrected chi connectivity index (χ2v) is 6.94. The van der Waals surface area contributed by atoms with Gasteiger partial charge in [0, 0.05) is 39.2 Å². The molecule has 0 aliphatic carbocycles. The molecule has 0 N–H and O–H groups in total. The second kappa shape index (κ2) is 8.99. The molecule has 0 aromatic heterocycles. The van der Waals surface area contributed by atoms with Crippen LogP contribution in [0.1, 0.15) is 37.7 Å². The molecule has 2 heterocycles. The molecule has 3 rings (SSSR count). The van der Waals surface area contributed by atoms with Crippen molar-refractivity contribution in [1.82, 2.24) is 9.80 Å². The highest BCUT2D eigenvalue weighted by molar-refractivity contribution is 5.78. The molecule has 0 radical (unpaired) electrons. The molecule has 0 bridgehead atoms. The number of aryl methyl sites for hydroxylation is 1. The van der Waals surface area contributed by atoms with Crippen LogP contribution in [-0.4, -0.2) is 60.5 Å². The average molecular weight is 344 g/mol. The summed E-state index contributed by atoms with van der Waals surface area (Å²) in [4.78, 5) is 28.7. The number of rotatable bonds is 5. The fourth-order valence-electron chi connectivity index (χ4n) is 3.60. The van der Waals surface area contributed by atoms with Gasteiger partial charge in [0.05, 0.1) is 12.5 Å². The van der Waals surface area contributed by atoms with Gasteiger partial charge >= 0.3 is 0 Å². The number of hydrogen-bond donors (Lipinski definition) is 0. The monoisotopic (exact) mass is 344 g/mol. The lowest BCUT2D eigenvalue weighted by atomic mass is 10.1. The molecule has 5 nitrogen and oxygen atoms in total. The fourth-order valence-corrected chi connectivity index (χ4v) is 3.60. The van der Waals surface area contributed by atoms with E-state index in [4.69, 9.17) is 4.74 Å². The molecule has 25 heavy (non-hydrogen) atoms. The molecule has 2 saturated heterocycles. The first-order chi connectivity index (χ1) is 12.2. The van der Waals surface area contributed by atoms with Crippen LogP contribution in [0.3, 0.4) is 0 Å². The lowest BCUT2D eigenvalue weighted by Gasteiger charge is -2.23. The largest absolute Gasteiger partial charge is 0.378 e. The van der Waals surface area contributed by atoms with Gasteiger partial charge in [0.1, 0.15) is 0 Å². The van der Waals surface area contributed by atoms with Crippen LogP contribution in [-0.2, 0) is 20.7 Å². The summed E-state index contributed by atoms with van der Waals surface area (Å²) in [7, 11) is 0. The second-order valence-electron chi connectivity index (χ2n) is 6.94. The van der Waals surface area contributed by atoms with Crippen LogP contribution in [0.15, 0.2) is 30.3 Å². The first-order valence-corrected chi connectivity index (χ1v) is 9.43. The summed E-state index contributed by atoms with van der Waals surface area (Å²) in [5.74, 6) is 0.364. The molecule has 2 amide bonds. The lowest BCUT2D eigenvalue weighted by molar-refractivity contribution is -0.135. The van der Waals surface area contributed by atoms with E-state index < -0.39 is 0 Å². The fraction of sp³-hybridized carbons (Fsp3) is 0.600. The normalized spacial score (nSPS) is 21.2. The molecule has 0 saturated carbocycles. The molecule has 2 aliphatic heterocycles. The number of nitrogens with zero attached hydrogens (tertiary/aromatic N) is 2. The highest BCUT2D eigenvalue weighted by atomic mass is 16.5. The lowest BCUT2D eigenvalue weighted by Crippen LogP contribution is -2.38. The van der Waals surface area contributed by atoms with E-state index in [1.807, 2.05) is 28.0 Å². The maximum atomic E-state index is 12.5. The first-order valence-electron chi connectivity index (χ1n) is 9.43. The standard InChI is InChI=1S/C20H28N2O3/c23-19(10-9-17-6-2-1-3-7-17)21-11-5-12-22(14-13-21)20(24)16-18-8-4-15-25-18/h1-3,6-7,18H,4-5,8-16H2/t18-/m1/s1. The molecule has 2 fully saturated rings. The summed E-state index contributed by atoms with van der Waals surface area (Å²) in [5, 5.41) is 0. The van der Waals surface area contributed by atoms with Gasteiger partial charge in [-0.25, -0.2) is 0 Å². The summed E-state index contributed by atoms with van der Waals surface area (Å²) >= 11 is 0. The third-order valence-corrected chi connectivity index (χ3v) is 5.10. The molecule has 2 aliphatic rings. The molecule has 1 aromatic carbocycles. The number of amides is 2. The third-order valence-electron chi connectivity index (χ3n) is 5.10. The molecule has 1 aromatic rings. The van der Waals surface area contributed by atoms with Gasteiger partial charge in [0.25, 0.3) is 0 Å². The summed E-state index contributed by atoms with van der Waals surface area (Å²) in [5.41, 5.74) is 1.19. The topological polar surface area (TPSA) is 49.9 Å². The van der Waals surface area contributed by atoms with E-state index >= 15 is 0 Å². The molecule has 5 heteroatoms. The highest BCUT2D eigenvalue weighted by Crippen LogP contribution is 2.17. The molecule has 1 atom stereocenters. The smallest absolute Gasteiger partial charge is 0.225 e. The summed E-state index contributed by atoms with van der Waals surface area (Å²) in [6.07, 6.45) is 4.80. The van der Waals surface area contributed by atoms with Crippen LogP contribution in [0.2, 0.25) is 0 Å². The summed E-state index contributed by atoms with van der Waals surface area (Å²) in [6.45, 7) is 3.56. The Balaban J connectivity index is 1.44. The molecule has 136 valence electrons. The Morgan fingerprint density at radius 1 is 0.960 bits per heavy atom. The Bertz CT molecular complexity index is 570. The average Bonchev–Trinajstić information content (AvgIpc) is 3.01. The van der Waals surface area contributed by atoms with Crippen molar-refractivity contribution in [1.29, 1.82) is 0 Å². The molecule has 0 spiro atoms. The van der Waals surface area contributed by atoms with Crippen molar-refractivity contribution < 1.29 is 14.3 Å².